The second-order valence-corrected chi connectivity index (χ2v) is 6.26. The fourth-order valence-corrected chi connectivity index (χ4v) is 2.93. The Morgan fingerprint density at radius 3 is 2.58 bits per heavy atom. The first-order valence-corrected chi connectivity index (χ1v) is 8.72. The second kappa shape index (κ2) is 7.25. The summed E-state index contributed by atoms with van der Waals surface area (Å²) < 4.78 is 15.2. The zero-order valence-electron chi connectivity index (χ0n) is 10.6. The van der Waals surface area contributed by atoms with Crippen molar-refractivity contribution in [1.82, 2.24) is 5.32 Å². The molecule has 0 bridgehead atoms. The van der Waals surface area contributed by atoms with Crippen LogP contribution in [0.4, 0.5) is 0 Å². The quantitative estimate of drug-likeness (QED) is 0.794. The number of nitrogens with one attached hydrogen (secondary N) is 1. The van der Waals surface area contributed by atoms with Gasteiger partial charge in [-0.05, 0) is 6.07 Å². The molecule has 0 saturated carbocycles. The first-order chi connectivity index (χ1) is 9.24. The van der Waals surface area contributed by atoms with Crippen molar-refractivity contribution < 1.29 is 12.3 Å². The van der Waals surface area contributed by atoms with Crippen LogP contribution in [0.3, 0.4) is 0 Å². The van der Waals surface area contributed by atoms with Crippen LogP contribution in [0.5, 0.6) is 5.75 Å². The number of ether oxygens (including phenoxy) is 1. The highest BCUT2D eigenvalue weighted by Gasteiger charge is 2.23. The summed E-state index contributed by atoms with van der Waals surface area (Å²) in [5.74, 6) is 0.697. The minimum Gasteiger partial charge on any atom is -0.496 e. The average molecular weight is 300 g/mol. The molecule has 1 heterocycles. The van der Waals surface area contributed by atoms with E-state index in [1.807, 2.05) is 6.07 Å². The molecule has 7 heteroatoms. The summed E-state index contributed by atoms with van der Waals surface area (Å²) in [7, 11) is 7.23. The molecule has 102 valence electrons. The third-order valence-electron chi connectivity index (χ3n) is 2.71. The number of fused-ring (bicyclic) bond motifs is 1. The van der Waals surface area contributed by atoms with Gasteiger partial charge in [-0.15, -0.1) is 0 Å². The molecule has 5 nitrogen and oxygen atoms in total. The van der Waals surface area contributed by atoms with Crippen molar-refractivity contribution in [2.24, 2.45) is 0 Å². The van der Waals surface area contributed by atoms with Gasteiger partial charge in [0.1, 0.15) is 5.75 Å². The SMILES string of the molecule is COc1cccc2c(=O)c12.[Cl][Al]1[O]CCNCC[O]1. The van der Waals surface area contributed by atoms with Crippen LogP contribution in [0.2, 0.25) is 0 Å². The molecule has 0 aromatic heterocycles. The molecular formula is C12H15AlClNO4. The lowest BCUT2D eigenvalue weighted by atomic mass is 10.3. The van der Waals surface area contributed by atoms with Crippen molar-refractivity contribution in [2.75, 3.05) is 33.4 Å². The van der Waals surface area contributed by atoms with Gasteiger partial charge in [0, 0.05) is 31.7 Å². The third kappa shape index (κ3) is 4.18. The lowest BCUT2D eigenvalue weighted by Crippen LogP contribution is -2.32. The summed E-state index contributed by atoms with van der Waals surface area (Å²) in [6.07, 6.45) is 0. The fraction of sp³-hybridized carbons (Fsp3) is 0.417. The molecule has 1 aliphatic rings. The van der Waals surface area contributed by atoms with E-state index in [4.69, 9.17) is 22.4 Å². The molecular weight excluding hydrogens is 285 g/mol. The van der Waals surface area contributed by atoms with Crippen molar-refractivity contribution in [1.29, 1.82) is 0 Å². The van der Waals surface area contributed by atoms with Crippen molar-refractivity contribution in [3.8, 4) is 5.75 Å². The zero-order valence-corrected chi connectivity index (χ0v) is 12.6. The van der Waals surface area contributed by atoms with Gasteiger partial charge in [-0.1, -0.05) is 12.1 Å². The Labute approximate surface area is 120 Å². The predicted molar refractivity (Wildman–Crippen MR) is 75.5 cm³/mol. The van der Waals surface area contributed by atoms with E-state index in [9.17, 15) is 4.79 Å². The molecule has 0 radical (unpaired) electrons. The normalized spacial score (nSPS) is 16.6. The summed E-state index contributed by atoms with van der Waals surface area (Å²) in [5.41, 5.74) is 0.127. The van der Waals surface area contributed by atoms with Gasteiger partial charge in [0.05, 0.1) is 12.5 Å². The molecule has 2 aromatic rings. The van der Waals surface area contributed by atoms with E-state index in [0.717, 1.165) is 23.9 Å². The Balaban J connectivity index is 0.000000141. The highest BCUT2D eigenvalue weighted by atomic mass is 35.6. The minimum absolute atomic E-state index is 0.127. The van der Waals surface area contributed by atoms with Gasteiger partial charge >= 0.3 is 13.9 Å². The van der Waals surface area contributed by atoms with Crippen molar-refractivity contribution in [3.63, 3.8) is 0 Å². The molecule has 0 unspecified atom stereocenters. The number of methoxy groups -OCH3 is 1. The Bertz CT molecular complexity index is 532. The van der Waals surface area contributed by atoms with Crippen LogP contribution in [0.15, 0.2) is 23.0 Å². The molecule has 0 atom stereocenters. The van der Waals surface area contributed by atoms with Crippen LogP contribution in [0.1, 0.15) is 0 Å². The molecule has 19 heavy (non-hydrogen) atoms. The number of hydrogen-bond donors (Lipinski definition) is 1. The van der Waals surface area contributed by atoms with E-state index in [-0.39, 0.29) is 5.43 Å². The largest absolute Gasteiger partial charge is 0.813 e. The van der Waals surface area contributed by atoms with E-state index in [1.165, 1.54) is 0 Å². The molecule has 1 N–H and O–H groups in total. The Kier molecular flexibility index (Phi) is 5.64. The molecule has 1 saturated heterocycles. The first-order valence-electron chi connectivity index (χ1n) is 6.03. The number of benzene rings is 1. The van der Waals surface area contributed by atoms with E-state index < -0.39 is 13.9 Å². The molecule has 0 aliphatic carbocycles. The maximum atomic E-state index is 10.8. The highest BCUT2D eigenvalue weighted by molar-refractivity contribution is 6.99. The van der Waals surface area contributed by atoms with Crippen LogP contribution in [0.25, 0.3) is 10.8 Å². The van der Waals surface area contributed by atoms with Gasteiger partial charge < -0.3 is 17.6 Å². The minimum atomic E-state index is -1.74. The summed E-state index contributed by atoms with van der Waals surface area (Å²) in [6, 6.07) is 5.42. The first kappa shape index (κ1) is 14.8. The molecule has 3 rings (SSSR count). The van der Waals surface area contributed by atoms with E-state index >= 15 is 0 Å². The van der Waals surface area contributed by atoms with Gasteiger partial charge in [-0.25, -0.2) is 0 Å². The van der Waals surface area contributed by atoms with Gasteiger partial charge in [-0.3, -0.25) is 4.79 Å². The molecule has 2 aromatic carbocycles. The summed E-state index contributed by atoms with van der Waals surface area (Å²) >= 11 is -1.74. The maximum Gasteiger partial charge on any atom is 0.813 e. The van der Waals surface area contributed by atoms with Crippen LogP contribution in [-0.4, -0.2) is 47.3 Å². The van der Waals surface area contributed by atoms with Crippen LogP contribution in [0, 0.1) is 0 Å². The van der Waals surface area contributed by atoms with Gasteiger partial charge in [0.15, 0.2) is 5.43 Å². The van der Waals surface area contributed by atoms with Crippen molar-refractivity contribution in [3.05, 3.63) is 28.4 Å². The Morgan fingerprint density at radius 1 is 1.32 bits per heavy atom. The van der Waals surface area contributed by atoms with E-state index in [0.29, 0.717) is 19.0 Å². The van der Waals surface area contributed by atoms with E-state index in [1.54, 1.807) is 19.2 Å². The Morgan fingerprint density at radius 2 is 2.00 bits per heavy atom. The van der Waals surface area contributed by atoms with Crippen LogP contribution in [-0.2, 0) is 7.58 Å². The lowest BCUT2D eigenvalue weighted by molar-refractivity contribution is 0.193. The third-order valence-corrected chi connectivity index (χ3v) is 4.46. The van der Waals surface area contributed by atoms with E-state index in [2.05, 4.69) is 5.32 Å². The van der Waals surface area contributed by atoms with Crippen molar-refractivity contribution in [2.45, 2.75) is 0 Å². The van der Waals surface area contributed by atoms with Gasteiger partial charge in [0.2, 0.25) is 0 Å². The van der Waals surface area contributed by atoms with Gasteiger partial charge in [0.25, 0.3) is 0 Å². The average Bonchev–Trinajstić information content (AvgIpc) is 3.06. The molecule has 0 spiro atoms. The lowest BCUT2D eigenvalue weighted by Gasteiger charge is -2.13. The summed E-state index contributed by atoms with van der Waals surface area (Å²) in [6.45, 7) is 3.14. The maximum absolute atomic E-state index is 10.8. The highest BCUT2D eigenvalue weighted by Crippen LogP contribution is 2.25. The fourth-order valence-electron chi connectivity index (χ4n) is 1.69. The summed E-state index contributed by atoms with van der Waals surface area (Å²) in [5, 5.41) is 4.68. The smallest absolute Gasteiger partial charge is 0.496 e. The molecule has 1 fully saturated rings. The number of halogens is 1. The van der Waals surface area contributed by atoms with Crippen molar-refractivity contribution >= 4 is 34.7 Å². The molecule has 0 amide bonds. The second-order valence-electron chi connectivity index (χ2n) is 3.98. The number of hydrogen-bond acceptors (Lipinski definition) is 5. The Hall–Kier alpha value is -0.608. The van der Waals surface area contributed by atoms with Crippen LogP contribution >= 0.6 is 10.0 Å². The summed E-state index contributed by atoms with van der Waals surface area (Å²) in [4.78, 5) is 10.8. The number of rotatable bonds is 1. The zero-order chi connectivity index (χ0) is 13.7. The predicted octanol–water partition coefficient (Wildman–Crippen LogP) is 0.931. The van der Waals surface area contributed by atoms with Gasteiger partial charge in [-0.2, -0.15) is 10.0 Å². The monoisotopic (exact) mass is 299 g/mol. The molecule has 1 aliphatic heterocycles. The topological polar surface area (TPSA) is 56.8 Å². The van der Waals surface area contributed by atoms with Crippen LogP contribution < -0.4 is 15.5 Å². The standard InChI is InChI=1S/C8H6O2.C4H9NO2.Al.ClH/c1-10-6-4-2-3-5-7(6)8(5)9;6-3-1-5-2-4-7;;/h2-4H,1H3;5H,1-4H2;;1H/q;-2;+3;/p-1.